The molecular weight excluding hydrogens is 268 g/mol. The lowest BCUT2D eigenvalue weighted by atomic mass is 9.98. The minimum atomic E-state index is 0.178. The van der Waals surface area contributed by atoms with Gasteiger partial charge in [-0.25, -0.2) is 0 Å². The van der Waals surface area contributed by atoms with Crippen LogP contribution in [0, 0.1) is 5.92 Å². The van der Waals surface area contributed by atoms with Crippen molar-refractivity contribution in [3.63, 3.8) is 0 Å². The lowest BCUT2D eigenvalue weighted by Gasteiger charge is -2.10. The standard InChI is InChI=1S/C14H18N6O/c15-13-18-12-11(9-2-1-8(5-9)7-21)6-16-20(12)14(19-13)17-10-3-4-10/h1-2,6,8-10,21H,3-5,7H2,(H3,15,17,18,19)/t8-,9+/m0/s1. The van der Waals surface area contributed by atoms with E-state index in [1.54, 1.807) is 4.52 Å². The molecule has 1 saturated carbocycles. The average Bonchev–Trinajstić information content (AvgIpc) is 3.01. The highest BCUT2D eigenvalue weighted by Gasteiger charge is 2.26. The summed E-state index contributed by atoms with van der Waals surface area (Å²) in [5.41, 5.74) is 7.63. The van der Waals surface area contributed by atoms with Crippen molar-refractivity contribution in [1.29, 1.82) is 0 Å². The molecule has 21 heavy (non-hydrogen) atoms. The van der Waals surface area contributed by atoms with Crippen LogP contribution in [-0.4, -0.2) is 37.3 Å². The number of nitrogen functional groups attached to an aromatic ring is 1. The number of aliphatic hydroxyl groups is 1. The quantitative estimate of drug-likeness (QED) is 0.723. The van der Waals surface area contributed by atoms with Gasteiger partial charge in [-0.2, -0.15) is 19.6 Å². The first-order valence-electron chi connectivity index (χ1n) is 7.31. The van der Waals surface area contributed by atoms with Gasteiger partial charge in [-0.1, -0.05) is 12.2 Å². The first-order chi connectivity index (χ1) is 10.2. The van der Waals surface area contributed by atoms with Gasteiger partial charge in [-0.3, -0.25) is 0 Å². The van der Waals surface area contributed by atoms with Crippen LogP contribution in [0.25, 0.3) is 5.65 Å². The van der Waals surface area contributed by atoms with Crippen LogP contribution in [0.2, 0.25) is 0 Å². The largest absolute Gasteiger partial charge is 0.396 e. The maximum atomic E-state index is 9.26. The Morgan fingerprint density at radius 3 is 2.90 bits per heavy atom. The molecule has 2 aromatic rings. The molecule has 4 N–H and O–H groups in total. The number of nitrogens with one attached hydrogen (secondary N) is 1. The van der Waals surface area contributed by atoms with Crippen LogP contribution in [0.15, 0.2) is 18.3 Å². The van der Waals surface area contributed by atoms with Crippen LogP contribution < -0.4 is 11.1 Å². The summed E-state index contributed by atoms with van der Waals surface area (Å²) in [6.07, 6.45) is 9.20. The Kier molecular flexibility index (Phi) is 2.81. The van der Waals surface area contributed by atoms with Gasteiger partial charge < -0.3 is 16.2 Å². The Morgan fingerprint density at radius 1 is 1.33 bits per heavy atom. The fourth-order valence-electron chi connectivity index (χ4n) is 2.82. The highest BCUT2D eigenvalue weighted by atomic mass is 16.3. The second kappa shape index (κ2) is 4.70. The lowest BCUT2D eigenvalue weighted by molar-refractivity contribution is 0.249. The van der Waals surface area contributed by atoms with Crippen molar-refractivity contribution in [2.24, 2.45) is 5.92 Å². The summed E-state index contributed by atoms with van der Waals surface area (Å²) < 4.78 is 1.73. The number of fused-ring (bicyclic) bond motifs is 1. The average molecular weight is 286 g/mol. The van der Waals surface area contributed by atoms with E-state index in [1.807, 2.05) is 6.20 Å². The number of rotatable bonds is 4. The fourth-order valence-corrected chi connectivity index (χ4v) is 2.82. The summed E-state index contributed by atoms with van der Waals surface area (Å²) in [5.74, 6) is 1.36. The highest BCUT2D eigenvalue weighted by Crippen LogP contribution is 2.34. The Bertz CT molecular complexity index is 705. The van der Waals surface area contributed by atoms with Gasteiger partial charge in [0, 0.05) is 30.0 Å². The minimum Gasteiger partial charge on any atom is -0.396 e. The topological polar surface area (TPSA) is 101 Å². The molecule has 2 aliphatic carbocycles. The second-order valence-electron chi connectivity index (χ2n) is 5.83. The van der Waals surface area contributed by atoms with Crippen LogP contribution in [-0.2, 0) is 0 Å². The molecule has 2 aromatic heterocycles. The Hall–Kier alpha value is -2.15. The summed E-state index contributed by atoms with van der Waals surface area (Å²) in [5, 5.41) is 17.0. The molecule has 0 unspecified atom stereocenters. The monoisotopic (exact) mass is 286 g/mol. The second-order valence-corrected chi connectivity index (χ2v) is 5.83. The number of aromatic nitrogens is 4. The van der Waals surface area contributed by atoms with Crippen LogP contribution in [0.5, 0.6) is 0 Å². The highest BCUT2D eigenvalue weighted by molar-refractivity contribution is 5.56. The number of nitrogens with zero attached hydrogens (tertiary/aromatic N) is 4. The molecule has 2 heterocycles. The smallest absolute Gasteiger partial charge is 0.229 e. The third-order valence-electron chi connectivity index (χ3n) is 4.13. The fraction of sp³-hybridized carbons (Fsp3) is 0.500. The summed E-state index contributed by atoms with van der Waals surface area (Å²) in [4.78, 5) is 8.60. The first-order valence-corrected chi connectivity index (χ1v) is 7.31. The number of hydrogen-bond acceptors (Lipinski definition) is 6. The van der Waals surface area contributed by atoms with Gasteiger partial charge in [0.2, 0.25) is 11.9 Å². The van der Waals surface area contributed by atoms with E-state index in [4.69, 9.17) is 5.73 Å². The number of nitrogens with two attached hydrogens (primary N) is 1. The lowest BCUT2D eigenvalue weighted by Crippen LogP contribution is -2.12. The normalized spacial score (nSPS) is 24.8. The molecule has 0 spiro atoms. The zero-order valence-electron chi connectivity index (χ0n) is 11.6. The van der Waals surface area contributed by atoms with Gasteiger partial charge in [-0.05, 0) is 19.3 Å². The maximum Gasteiger partial charge on any atom is 0.229 e. The van der Waals surface area contributed by atoms with Gasteiger partial charge in [0.25, 0.3) is 0 Å². The molecule has 0 bridgehead atoms. The van der Waals surface area contributed by atoms with E-state index >= 15 is 0 Å². The van der Waals surface area contributed by atoms with Gasteiger partial charge in [0.15, 0.2) is 5.65 Å². The van der Waals surface area contributed by atoms with E-state index in [9.17, 15) is 5.11 Å². The zero-order chi connectivity index (χ0) is 14.4. The van der Waals surface area contributed by atoms with E-state index in [-0.39, 0.29) is 24.4 Å². The Balaban J connectivity index is 1.73. The number of hydrogen-bond donors (Lipinski definition) is 3. The van der Waals surface area contributed by atoms with Crippen molar-refractivity contribution in [1.82, 2.24) is 19.6 Å². The van der Waals surface area contributed by atoms with Crippen molar-refractivity contribution in [2.75, 3.05) is 17.7 Å². The molecule has 0 aromatic carbocycles. The summed E-state index contributed by atoms with van der Waals surface area (Å²) in [6, 6.07) is 0.472. The van der Waals surface area contributed by atoms with Crippen LogP contribution in [0.4, 0.5) is 11.9 Å². The predicted molar refractivity (Wildman–Crippen MR) is 78.9 cm³/mol. The Morgan fingerprint density at radius 2 is 2.19 bits per heavy atom. The van der Waals surface area contributed by atoms with Gasteiger partial charge in [0.05, 0.1) is 6.20 Å². The molecule has 2 aliphatic rings. The molecule has 110 valence electrons. The molecule has 0 saturated heterocycles. The van der Waals surface area contributed by atoms with Crippen LogP contribution in [0.1, 0.15) is 30.7 Å². The number of anilines is 2. The predicted octanol–water partition coefficient (Wildman–Crippen LogP) is 0.933. The van der Waals surface area contributed by atoms with Crippen molar-refractivity contribution >= 4 is 17.5 Å². The van der Waals surface area contributed by atoms with E-state index in [1.165, 1.54) is 0 Å². The molecule has 0 amide bonds. The van der Waals surface area contributed by atoms with Crippen molar-refractivity contribution in [2.45, 2.75) is 31.2 Å². The van der Waals surface area contributed by atoms with E-state index in [0.717, 1.165) is 30.5 Å². The molecule has 2 atom stereocenters. The Labute approximate surface area is 121 Å². The minimum absolute atomic E-state index is 0.178. The molecular formula is C14H18N6O. The summed E-state index contributed by atoms with van der Waals surface area (Å²) in [6.45, 7) is 0.178. The van der Waals surface area contributed by atoms with Gasteiger partial charge in [-0.15, -0.1) is 0 Å². The first kappa shape index (κ1) is 12.6. The summed E-state index contributed by atoms with van der Waals surface area (Å²) in [7, 11) is 0. The SMILES string of the molecule is Nc1nc(NC2CC2)n2ncc([C@@H]3C=C[C@H](CO)C3)c2n1. The zero-order valence-corrected chi connectivity index (χ0v) is 11.6. The summed E-state index contributed by atoms with van der Waals surface area (Å²) >= 11 is 0. The van der Waals surface area contributed by atoms with Crippen molar-refractivity contribution < 1.29 is 5.11 Å². The maximum absolute atomic E-state index is 9.26. The third-order valence-corrected chi connectivity index (χ3v) is 4.13. The molecule has 4 rings (SSSR count). The van der Waals surface area contributed by atoms with Crippen molar-refractivity contribution in [3.05, 3.63) is 23.9 Å². The van der Waals surface area contributed by atoms with Gasteiger partial charge in [0.1, 0.15) is 0 Å². The van der Waals surface area contributed by atoms with Crippen LogP contribution >= 0.6 is 0 Å². The van der Waals surface area contributed by atoms with Crippen LogP contribution in [0.3, 0.4) is 0 Å². The van der Waals surface area contributed by atoms with E-state index in [2.05, 4.69) is 32.5 Å². The molecule has 7 heteroatoms. The van der Waals surface area contributed by atoms with E-state index in [0.29, 0.717) is 12.0 Å². The number of aliphatic hydroxyl groups excluding tert-OH is 1. The van der Waals surface area contributed by atoms with E-state index < -0.39 is 0 Å². The molecule has 0 radical (unpaired) electrons. The molecule has 1 fully saturated rings. The molecule has 0 aliphatic heterocycles. The van der Waals surface area contributed by atoms with Gasteiger partial charge >= 0.3 is 0 Å². The third kappa shape index (κ3) is 2.23. The number of allylic oxidation sites excluding steroid dienone is 1. The molecule has 7 nitrogen and oxygen atoms in total. The van der Waals surface area contributed by atoms with Crippen molar-refractivity contribution in [3.8, 4) is 0 Å².